The van der Waals surface area contributed by atoms with Crippen LogP contribution in [-0.2, 0) is 10.0 Å². The van der Waals surface area contributed by atoms with Gasteiger partial charge in [-0.2, -0.15) is 4.31 Å². The molecule has 2 rings (SSSR count). The van der Waals surface area contributed by atoms with Crippen LogP contribution in [0.25, 0.3) is 0 Å². The first-order valence-corrected chi connectivity index (χ1v) is 7.27. The van der Waals surface area contributed by atoms with Gasteiger partial charge in [-0.1, -0.05) is 0 Å². The molecule has 18 heavy (non-hydrogen) atoms. The number of hydrogen-bond donors (Lipinski definition) is 1. The van der Waals surface area contributed by atoms with Crippen molar-refractivity contribution >= 4 is 10.0 Å². The highest BCUT2D eigenvalue weighted by Gasteiger charge is 2.31. The lowest BCUT2D eigenvalue weighted by Crippen LogP contribution is -2.29. The molecule has 0 saturated carbocycles. The van der Waals surface area contributed by atoms with E-state index in [2.05, 4.69) is 0 Å². The summed E-state index contributed by atoms with van der Waals surface area (Å²) in [5.41, 5.74) is 0. The molecule has 1 saturated heterocycles. The van der Waals surface area contributed by atoms with Crippen molar-refractivity contribution in [3.05, 3.63) is 24.3 Å². The van der Waals surface area contributed by atoms with E-state index in [0.717, 1.165) is 0 Å². The Hall–Kier alpha value is -1.11. The van der Waals surface area contributed by atoms with Gasteiger partial charge in [0.25, 0.3) is 0 Å². The van der Waals surface area contributed by atoms with E-state index in [9.17, 15) is 8.42 Å². The lowest BCUT2D eigenvalue weighted by Gasteiger charge is -2.16. The Labute approximate surface area is 107 Å². The molecule has 0 bridgehead atoms. The molecular formula is C12H17NO4S. The first kappa shape index (κ1) is 13.3. The van der Waals surface area contributed by atoms with Crippen LogP contribution in [0, 0.1) is 5.92 Å². The van der Waals surface area contributed by atoms with Crippen molar-refractivity contribution in [2.75, 3.05) is 26.8 Å². The second-order valence-electron chi connectivity index (χ2n) is 4.38. The van der Waals surface area contributed by atoms with Gasteiger partial charge in [0.15, 0.2) is 0 Å². The van der Waals surface area contributed by atoms with Crippen molar-refractivity contribution in [1.82, 2.24) is 4.31 Å². The molecule has 1 unspecified atom stereocenters. The standard InChI is InChI=1S/C12H17NO4S/c1-17-11-2-4-12(5-3-11)18(15,16)13-7-6-10(8-13)9-14/h2-5,10,14H,6-9H2,1H3. The molecular weight excluding hydrogens is 254 g/mol. The van der Waals surface area contributed by atoms with Crippen LogP contribution in [0.15, 0.2) is 29.2 Å². The average Bonchev–Trinajstić information content (AvgIpc) is 2.88. The molecule has 1 aliphatic rings. The summed E-state index contributed by atoms with van der Waals surface area (Å²) >= 11 is 0. The summed E-state index contributed by atoms with van der Waals surface area (Å²) in [4.78, 5) is 0.266. The van der Waals surface area contributed by atoms with Gasteiger partial charge in [0.05, 0.1) is 12.0 Å². The SMILES string of the molecule is COc1ccc(S(=O)(=O)N2CCC(CO)C2)cc1. The maximum Gasteiger partial charge on any atom is 0.243 e. The average molecular weight is 271 g/mol. The molecule has 0 amide bonds. The van der Waals surface area contributed by atoms with Gasteiger partial charge >= 0.3 is 0 Å². The minimum atomic E-state index is -3.44. The third-order valence-electron chi connectivity index (χ3n) is 3.20. The highest BCUT2D eigenvalue weighted by atomic mass is 32.2. The Morgan fingerprint density at radius 2 is 2.06 bits per heavy atom. The van der Waals surface area contributed by atoms with Crippen LogP contribution >= 0.6 is 0 Å². The molecule has 1 fully saturated rings. The molecule has 0 spiro atoms. The van der Waals surface area contributed by atoms with E-state index < -0.39 is 10.0 Å². The number of aliphatic hydroxyl groups is 1. The number of sulfonamides is 1. The van der Waals surface area contributed by atoms with Gasteiger partial charge in [-0.05, 0) is 36.6 Å². The van der Waals surface area contributed by atoms with Crippen LogP contribution in [0.2, 0.25) is 0 Å². The van der Waals surface area contributed by atoms with Crippen LogP contribution in [-0.4, -0.2) is 44.6 Å². The van der Waals surface area contributed by atoms with Crippen molar-refractivity contribution < 1.29 is 18.3 Å². The fraction of sp³-hybridized carbons (Fsp3) is 0.500. The van der Waals surface area contributed by atoms with E-state index in [-0.39, 0.29) is 17.4 Å². The molecule has 1 heterocycles. The Balaban J connectivity index is 2.20. The number of nitrogens with zero attached hydrogens (tertiary/aromatic N) is 1. The molecule has 0 aliphatic carbocycles. The summed E-state index contributed by atoms with van der Waals surface area (Å²) in [7, 11) is -1.90. The predicted molar refractivity (Wildman–Crippen MR) is 66.9 cm³/mol. The zero-order valence-electron chi connectivity index (χ0n) is 10.2. The van der Waals surface area contributed by atoms with E-state index in [1.165, 1.54) is 11.4 Å². The van der Waals surface area contributed by atoms with Gasteiger partial charge < -0.3 is 9.84 Å². The molecule has 5 nitrogen and oxygen atoms in total. The Bertz CT molecular complexity index is 497. The second kappa shape index (κ2) is 5.26. The largest absolute Gasteiger partial charge is 0.497 e. The number of benzene rings is 1. The van der Waals surface area contributed by atoms with Crippen molar-refractivity contribution in [1.29, 1.82) is 0 Å². The molecule has 1 aromatic carbocycles. The summed E-state index contributed by atoms with van der Waals surface area (Å²) in [6.07, 6.45) is 0.714. The predicted octanol–water partition coefficient (Wildman–Crippen LogP) is 0.698. The molecule has 0 radical (unpaired) electrons. The van der Waals surface area contributed by atoms with Gasteiger partial charge in [-0.3, -0.25) is 0 Å². The number of ether oxygens (including phenoxy) is 1. The molecule has 1 N–H and O–H groups in total. The van der Waals surface area contributed by atoms with Gasteiger partial charge in [0.1, 0.15) is 5.75 Å². The Kier molecular flexibility index (Phi) is 3.89. The molecule has 1 aromatic rings. The zero-order valence-corrected chi connectivity index (χ0v) is 11.1. The highest BCUT2D eigenvalue weighted by Crippen LogP contribution is 2.25. The lowest BCUT2D eigenvalue weighted by atomic mass is 10.1. The van der Waals surface area contributed by atoms with E-state index in [4.69, 9.17) is 9.84 Å². The first-order chi connectivity index (χ1) is 8.57. The smallest absolute Gasteiger partial charge is 0.243 e. The van der Waals surface area contributed by atoms with Gasteiger partial charge in [-0.25, -0.2) is 8.42 Å². The van der Waals surface area contributed by atoms with Gasteiger partial charge in [0.2, 0.25) is 10.0 Å². The zero-order chi connectivity index (χ0) is 13.2. The first-order valence-electron chi connectivity index (χ1n) is 5.83. The summed E-state index contributed by atoms with van der Waals surface area (Å²) in [5, 5.41) is 9.05. The van der Waals surface area contributed by atoms with Crippen molar-refractivity contribution in [2.45, 2.75) is 11.3 Å². The van der Waals surface area contributed by atoms with Crippen LogP contribution < -0.4 is 4.74 Å². The van der Waals surface area contributed by atoms with Gasteiger partial charge in [-0.15, -0.1) is 0 Å². The molecule has 1 atom stereocenters. The normalized spacial score (nSPS) is 21.1. The molecule has 100 valence electrons. The monoisotopic (exact) mass is 271 g/mol. The number of aliphatic hydroxyl groups excluding tert-OH is 1. The Morgan fingerprint density at radius 1 is 1.39 bits per heavy atom. The maximum absolute atomic E-state index is 12.3. The molecule has 0 aromatic heterocycles. The minimum Gasteiger partial charge on any atom is -0.497 e. The fourth-order valence-corrected chi connectivity index (χ4v) is 3.59. The maximum atomic E-state index is 12.3. The van der Waals surface area contributed by atoms with E-state index in [1.807, 2.05) is 0 Å². The third-order valence-corrected chi connectivity index (χ3v) is 5.08. The summed E-state index contributed by atoms with van der Waals surface area (Å²) in [6.45, 7) is 0.902. The van der Waals surface area contributed by atoms with E-state index >= 15 is 0 Å². The topological polar surface area (TPSA) is 66.8 Å². The van der Waals surface area contributed by atoms with E-state index in [0.29, 0.717) is 25.3 Å². The summed E-state index contributed by atoms with van der Waals surface area (Å²) in [5.74, 6) is 0.682. The van der Waals surface area contributed by atoms with Crippen LogP contribution in [0.4, 0.5) is 0 Å². The second-order valence-corrected chi connectivity index (χ2v) is 6.31. The third kappa shape index (κ3) is 2.50. The molecule has 6 heteroatoms. The summed E-state index contributed by atoms with van der Waals surface area (Å²) in [6, 6.07) is 6.35. The number of hydrogen-bond acceptors (Lipinski definition) is 4. The van der Waals surface area contributed by atoms with Crippen LogP contribution in [0.3, 0.4) is 0 Å². The summed E-state index contributed by atoms with van der Waals surface area (Å²) < 4.78 is 31.0. The number of rotatable bonds is 4. The van der Waals surface area contributed by atoms with E-state index in [1.54, 1.807) is 24.3 Å². The fourth-order valence-electron chi connectivity index (χ4n) is 2.06. The van der Waals surface area contributed by atoms with Crippen molar-refractivity contribution in [3.63, 3.8) is 0 Å². The van der Waals surface area contributed by atoms with Crippen LogP contribution in [0.5, 0.6) is 5.75 Å². The number of methoxy groups -OCH3 is 1. The van der Waals surface area contributed by atoms with Crippen LogP contribution in [0.1, 0.15) is 6.42 Å². The quantitative estimate of drug-likeness (QED) is 0.875. The minimum absolute atomic E-state index is 0.0363. The molecule has 1 aliphatic heterocycles. The van der Waals surface area contributed by atoms with Gasteiger partial charge in [0, 0.05) is 19.7 Å². The van der Waals surface area contributed by atoms with Crippen molar-refractivity contribution in [3.8, 4) is 5.75 Å². The Morgan fingerprint density at radius 3 is 2.56 bits per heavy atom. The lowest BCUT2D eigenvalue weighted by molar-refractivity contribution is 0.233. The van der Waals surface area contributed by atoms with Crippen molar-refractivity contribution in [2.24, 2.45) is 5.92 Å². The highest BCUT2D eigenvalue weighted by molar-refractivity contribution is 7.89.